The number of nitrogens with zero attached hydrogens (tertiary/aromatic N) is 1. The second-order valence-corrected chi connectivity index (χ2v) is 5.95. The number of carbonyl (C=O) groups excluding carboxylic acids is 2. The summed E-state index contributed by atoms with van der Waals surface area (Å²) in [4.78, 5) is 25.2. The van der Waals surface area contributed by atoms with Crippen molar-refractivity contribution in [2.24, 2.45) is 0 Å². The molecule has 1 fully saturated rings. The van der Waals surface area contributed by atoms with E-state index in [-0.39, 0.29) is 18.7 Å². The molecule has 130 valence electrons. The minimum absolute atomic E-state index is 0.170. The molecular formula is C17H16BF2NO4. The highest BCUT2D eigenvalue weighted by Crippen LogP contribution is 2.33. The number of fused-ring (bicyclic) bond motifs is 1. The molecule has 0 spiro atoms. The van der Waals surface area contributed by atoms with E-state index >= 15 is 0 Å². The summed E-state index contributed by atoms with van der Waals surface area (Å²) in [7, 11) is -0.127. The molecule has 1 aliphatic heterocycles. The maximum absolute atomic E-state index is 13.9. The number of benzene rings is 2. The molecule has 0 bridgehead atoms. The molecule has 2 aromatic carbocycles. The van der Waals surface area contributed by atoms with Gasteiger partial charge in [-0.2, -0.15) is 0 Å². The minimum atomic E-state index is -2.88. The van der Waals surface area contributed by atoms with E-state index in [0.717, 1.165) is 5.39 Å². The third kappa shape index (κ3) is 3.79. The Balaban J connectivity index is 2.02. The zero-order chi connectivity index (χ0) is 18.0. The number of hydrogen-bond acceptors (Lipinski definition) is 5. The first-order valence-electron chi connectivity index (χ1n) is 7.79. The number of hydrogen-bond donors (Lipinski definition) is 0. The monoisotopic (exact) mass is 347 g/mol. The third-order valence-corrected chi connectivity index (χ3v) is 4.04. The maximum atomic E-state index is 13.9. The number of carbonyl (C=O) groups is 2. The van der Waals surface area contributed by atoms with Crippen molar-refractivity contribution in [3.8, 4) is 0 Å². The lowest BCUT2D eigenvalue weighted by Gasteiger charge is -2.27. The lowest BCUT2D eigenvalue weighted by Crippen LogP contribution is -2.46. The van der Waals surface area contributed by atoms with Crippen molar-refractivity contribution in [3.63, 3.8) is 0 Å². The van der Waals surface area contributed by atoms with Gasteiger partial charge in [0.05, 0.1) is 13.1 Å². The van der Waals surface area contributed by atoms with Gasteiger partial charge in [-0.25, -0.2) is 8.78 Å². The Kier molecular flexibility index (Phi) is 4.99. The van der Waals surface area contributed by atoms with Gasteiger partial charge in [0.25, 0.3) is 0 Å². The van der Waals surface area contributed by atoms with Crippen LogP contribution in [0.1, 0.15) is 11.4 Å². The number of rotatable bonds is 3. The highest BCUT2D eigenvalue weighted by molar-refractivity contribution is 6.51. The summed E-state index contributed by atoms with van der Waals surface area (Å²) in [5.74, 6) is -3.00. The molecule has 0 amide bonds. The first-order valence-corrected chi connectivity index (χ1v) is 7.79. The molecular weight excluding hydrogens is 331 g/mol. The molecule has 1 atom stereocenters. The lowest BCUT2D eigenvalue weighted by molar-refractivity contribution is -0.146. The van der Waals surface area contributed by atoms with Gasteiger partial charge in [0.2, 0.25) is 6.43 Å². The molecule has 2 aromatic rings. The predicted octanol–water partition coefficient (Wildman–Crippen LogP) is 2.25. The van der Waals surface area contributed by atoms with E-state index in [4.69, 9.17) is 9.31 Å². The first-order chi connectivity index (χ1) is 12.0. The van der Waals surface area contributed by atoms with Crippen LogP contribution in [-0.2, 0) is 18.9 Å². The Hall–Kier alpha value is -2.48. The molecule has 0 saturated carbocycles. The summed E-state index contributed by atoms with van der Waals surface area (Å²) in [5, 5.41) is 1.37. The fourth-order valence-electron chi connectivity index (χ4n) is 2.94. The number of likely N-dealkylation sites (N-methyl/N-ethyl adjacent to an activating group) is 1. The van der Waals surface area contributed by atoms with Crippen molar-refractivity contribution >= 4 is 29.8 Å². The first kappa shape index (κ1) is 17.4. The van der Waals surface area contributed by atoms with Crippen LogP contribution in [0.3, 0.4) is 0 Å². The highest BCUT2D eigenvalue weighted by Gasteiger charge is 2.46. The van der Waals surface area contributed by atoms with E-state index in [1.165, 1.54) is 18.0 Å². The molecule has 1 aliphatic rings. The fourth-order valence-corrected chi connectivity index (χ4v) is 2.94. The Bertz CT molecular complexity index is 776. The lowest BCUT2D eigenvalue weighted by atomic mass is 9.66. The van der Waals surface area contributed by atoms with Gasteiger partial charge < -0.3 is 9.31 Å². The topological polar surface area (TPSA) is 55.8 Å². The normalized spacial score (nSPS) is 17.8. The van der Waals surface area contributed by atoms with Gasteiger partial charge in [0, 0.05) is 0 Å². The highest BCUT2D eigenvalue weighted by atomic mass is 19.3. The fraction of sp³-hybridized carbons (Fsp3) is 0.294. The SMILES string of the molecule is CN1CC(=O)OB(C(c2cccc3ccccc23)C(F)F)OC(=O)C1. The zero-order valence-corrected chi connectivity index (χ0v) is 13.5. The molecule has 8 heteroatoms. The van der Waals surface area contributed by atoms with Crippen molar-refractivity contribution < 1.29 is 27.7 Å². The van der Waals surface area contributed by atoms with Gasteiger partial charge in [-0.1, -0.05) is 42.5 Å². The van der Waals surface area contributed by atoms with Gasteiger partial charge in [0.15, 0.2) is 0 Å². The molecule has 0 N–H and O–H groups in total. The van der Waals surface area contributed by atoms with Gasteiger partial charge in [0.1, 0.15) is 5.82 Å². The van der Waals surface area contributed by atoms with E-state index < -0.39 is 31.3 Å². The third-order valence-electron chi connectivity index (χ3n) is 4.04. The van der Waals surface area contributed by atoms with Crippen LogP contribution in [0.5, 0.6) is 0 Å². The van der Waals surface area contributed by atoms with E-state index in [1.807, 2.05) is 0 Å². The second kappa shape index (κ2) is 7.19. The molecule has 1 unspecified atom stereocenters. The van der Waals surface area contributed by atoms with Crippen molar-refractivity contribution in [1.29, 1.82) is 0 Å². The summed E-state index contributed by atoms with van der Waals surface area (Å²) in [5.41, 5.74) is 0.271. The van der Waals surface area contributed by atoms with Crippen molar-refractivity contribution in [3.05, 3.63) is 48.0 Å². The molecule has 0 aromatic heterocycles. The molecule has 1 saturated heterocycles. The zero-order valence-electron chi connectivity index (χ0n) is 13.5. The maximum Gasteiger partial charge on any atom is 0.612 e. The second-order valence-electron chi connectivity index (χ2n) is 5.95. The molecule has 25 heavy (non-hydrogen) atoms. The Morgan fingerprint density at radius 1 is 1.00 bits per heavy atom. The molecule has 1 heterocycles. The van der Waals surface area contributed by atoms with Crippen LogP contribution in [-0.4, -0.2) is 50.5 Å². The average molecular weight is 347 g/mol. The average Bonchev–Trinajstić information content (AvgIpc) is 2.53. The molecule has 0 aliphatic carbocycles. The number of alkyl halides is 2. The van der Waals surface area contributed by atoms with Crippen LogP contribution in [0.15, 0.2) is 42.5 Å². The largest absolute Gasteiger partial charge is 0.612 e. The standard InChI is InChI=1S/C17H16BF2NO4/c1-21-9-14(22)24-18(25-15(23)10-21)16(17(19)20)13-8-4-6-11-5-2-3-7-12(11)13/h2-8,16-17H,9-10H2,1H3. The van der Waals surface area contributed by atoms with E-state index in [0.29, 0.717) is 5.39 Å². The molecule has 3 rings (SSSR count). The van der Waals surface area contributed by atoms with Gasteiger partial charge >= 0.3 is 19.1 Å². The number of halogens is 2. The minimum Gasteiger partial charge on any atom is -0.498 e. The Morgan fingerprint density at radius 3 is 2.24 bits per heavy atom. The molecule has 5 nitrogen and oxygen atoms in total. The van der Waals surface area contributed by atoms with Crippen LogP contribution in [0, 0.1) is 0 Å². The predicted molar refractivity (Wildman–Crippen MR) is 88.1 cm³/mol. The summed E-state index contributed by atoms with van der Waals surface area (Å²) in [6, 6.07) is 12.0. The van der Waals surface area contributed by atoms with Crippen LogP contribution in [0.4, 0.5) is 8.78 Å². The van der Waals surface area contributed by atoms with Crippen molar-refractivity contribution in [1.82, 2.24) is 4.90 Å². The van der Waals surface area contributed by atoms with Crippen LogP contribution in [0.25, 0.3) is 10.8 Å². The van der Waals surface area contributed by atoms with Gasteiger partial charge in [-0.05, 0) is 23.4 Å². The van der Waals surface area contributed by atoms with Crippen LogP contribution in [0.2, 0.25) is 0 Å². The summed E-state index contributed by atoms with van der Waals surface area (Å²) >= 11 is 0. The van der Waals surface area contributed by atoms with E-state index in [1.54, 1.807) is 36.4 Å². The summed E-state index contributed by atoms with van der Waals surface area (Å²) < 4.78 is 37.8. The van der Waals surface area contributed by atoms with Gasteiger partial charge in [-0.15, -0.1) is 0 Å². The quantitative estimate of drug-likeness (QED) is 0.798. The van der Waals surface area contributed by atoms with E-state index in [9.17, 15) is 18.4 Å². The van der Waals surface area contributed by atoms with E-state index in [2.05, 4.69) is 0 Å². The summed E-state index contributed by atoms with van der Waals surface area (Å²) in [6.07, 6.45) is -2.88. The van der Waals surface area contributed by atoms with Crippen molar-refractivity contribution in [2.75, 3.05) is 20.1 Å². The van der Waals surface area contributed by atoms with Crippen LogP contribution < -0.4 is 0 Å². The van der Waals surface area contributed by atoms with Crippen molar-refractivity contribution in [2.45, 2.75) is 12.2 Å². The van der Waals surface area contributed by atoms with Gasteiger partial charge in [-0.3, -0.25) is 14.5 Å². The smallest absolute Gasteiger partial charge is 0.498 e. The Morgan fingerprint density at radius 2 is 1.60 bits per heavy atom. The molecule has 0 radical (unpaired) electrons. The summed E-state index contributed by atoms with van der Waals surface area (Å²) in [6.45, 7) is -0.339. The Labute approximate surface area is 143 Å². The van der Waals surface area contributed by atoms with Crippen LogP contribution >= 0.6 is 0 Å².